The van der Waals surface area contributed by atoms with Crippen LogP contribution in [0.2, 0.25) is 0 Å². The largest absolute Gasteiger partial charge is 0.382 e. The Balaban J connectivity index is 2.29. The molecule has 1 aromatic rings. The van der Waals surface area contributed by atoms with Gasteiger partial charge in [0.25, 0.3) is 0 Å². The van der Waals surface area contributed by atoms with Crippen LogP contribution in [0, 0.1) is 0 Å². The molecule has 3 nitrogen and oxygen atoms in total. The number of rotatable bonds is 7. The Morgan fingerprint density at radius 1 is 1.07 bits per heavy atom. The molecule has 0 heterocycles. The van der Waals surface area contributed by atoms with Gasteiger partial charge in [0.1, 0.15) is 0 Å². The van der Waals surface area contributed by atoms with Crippen LogP contribution in [0.5, 0.6) is 0 Å². The summed E-state index contributed by atoms with van der Waals surface area (Å²) in [5, 5.41) is 0. The zero-order valence-electron chi connectivity index (χ0n) is 9.24. The van der Waals surface area contributed by atoms with Gasteiger partial charge >= 0.3 is 0 Å². The van der Waals surface area contributed by atoms with Crippen molar-refractivity contribution in [2.24, 2.45) is 5.73 Å². The van der Waals surface area contributed by atoms with E-state index >= 15 is 0 Å². The third kappa shape index (κ3) is 4.93. The number of hydrogen-bond donors (Lipinski definition) is 1. The maximum atomic E-state index is 5.47. The first-order chi connectivity index (χ1) is 7.36. The Labute approximate surface area is 91.2 Å². The molecule has 1 rings (SSSR count). The molecule has 0 unspecified atom stereocenters. The van der Waals surface area contributed by atoms with Crippen LogP contribution in [0.4, 0.5) is 0 Å². The topological polar surface area (TPSA) is 44.5 Å². The van der Waals surface area contributed by atoms with Gasteiger partial charge in [-0.2, -0.15) is 0 Å². The van der Waals surface area contributed by atoms with Gasteiger partial charge in [-0.05, 0) is 24.1 Å². The van der Waals surface area contributed by atoms with Crippen LogP contribution in [-0.2, 0) is 22.5 Å². The fourth-order valence-corrected chi connectivity index (χ4v) is 1.30. The van der Waals surface area contributed by atoms with Gasteiger partial charge in [-0.1, -0.05) is 24.3 Å². The fraction of sp³-hybridized carbons (Fsp3) is 0.500. The minimum Gasteiger partial charge on any atom is -0.382 e. The summed E-state index contributed by atoms with van der Waals surface area (Å²) in [5.74, 6) is 0. The standard InChI is InChI=1S/C12H19NO2/c1-14-8-9-15-10-12-4-2-11(3-5-12)6-7-13/h2-5H,6-10,13H2,1H3. The summed E-state index contributed by atoms with van der Waals surface area (Å²) >= 11 is 0. The Hall–Kier alpha value is -0.900. The van der Waals surface area contributed by atoms with E-state index in [9.17, 15) is 0 Å². The molecule has 0 amide bonds. The van der Waals surface area contributed by atoms with Crippen molar-refractivity contribution in [3.8, 4) is 0 Å². The van der Waals surface area contributed by atoms with Crippen LogP contribution in [0.3, 0.4) is 0 Å². The molecule has 0 aromatic heterocycles. The smallest absolute Gasteiger partial charge is 0.0718 e. The van der Waals surface area contributed by atoms with Crippen LogP contribution in [0.15, 0.2) is 24.3 Å². The van der Waals surface area contributed by atoms with Crippen LogP contribution < -0.4 is 5.73 Å². The molecule has 3 heteroatoms. The number of nitrogens with two attached hydrogens (primary N) is 1. The van der Waals surface area contributed by atoms with Crippen LogP contribution in [0.25, 0.3) is 0 Å². The van der Waals surface area contributed by atoms with E-state index in [0.717, 1.165) is 6.42 Å². The highest BCUT2D eigenvalue weighted by atomic mass is 16.5. The molecule has 0 saturated carbocycles. The highest BCUT2D eigenvalue weighted by molar-refractivity contribution is 5.22. The normalized spacial score (nSPS) is 10.5. The van der Waals surface area contributed by atoms with Gasteiger partial charge < -0.3 is 15.2 Å². The van der Waals surface area contributed by atoms with Gasteiger partial charge in [-0.3, -0.25) is 0 Å². The van der Waals surface area contributed by atoms with Crippen molar-refractivity contribution in [3.05, 3.63) is 35.4 Å². The Bertz CT molecular complexity index is 259. The van der Waals surface area contributed by atoms with Crippen molar-refractivity contribution in [2.75, 3.05) is 26.9 Å². The Kier molecular flexibility index (Phi) is 6.00. The molecule has 0 aliphatic carbocycles. The molecule has 2 N–H and O–H groups in total. The molecular weight excluding hydrogens is 190 g/mol. The average Bonchev–Trinajstić information content (AvgIpc) is 2.27. The molecule has 15 heavy (non-hydrogen) atoms. The summed E-state index contributed by atoms with van der Waals surface area (Å²) < 4.78 is 10.3. The zero-order valence-corrected chi connectivity index (χ0v) is 9.24. The number of methoxy groups -OCH3 is 1. The molecule has 0 spiro atoms. The molecule has 0 fully saturated rings. The van der Waals surface area contributed by atoms with Crippen molar-refractivity contribution in [3.63, 3.8) is 0 Å². The number of benzene rings is 1. The second kappa shape index (κ2) is 7.40. The molecular formula is C12H19NO2. The third-order valence-corrected chi connectivity index (χ3v) is 2.16. The number of ether oxygens (including phenoxy) is 2. The summed E-state index contributed by atoms with van der Waals surface area (Å²) in [5.41, 5.74) is 7.94. The van der Waals surface area contributed by atoms with E-state index in [0.29, 0.717) is 26.4 Å². The molecule has 0 aliphatic heterocycles. The summed E-state index contributed by atoms with van der Waals surface area (Å²) in [6.07, 6.45) is 0.935. The minimum absolute atomic E-state index is 0.640. The van der Waals surface area contributed by atoms with Crippen molar-refractivity contribution >= 4 is 0 Å². The van der Waals surface area contributed by atoms with E-state index in [-0.39, 0.29) is 0 Å². The molecule has 0 bridgehead atoms. The first-order valence-corrected chi connectivity index (χ1v) is 5.21. The monoisotopic (exact) mass is 209 g/mol. The van der Waals surface area contributed by atoms with Crippen LogP contribution >= 0.6 is 0 Å². The summed E-state index contributed by atoms with van der Waals surface area (Å²) in [6, 6.07) is 8.36. The van der Waals surface area contributed by atoms with E-state index in [4.69, 9.17) is 15.2 Å². The van der Waals surface area contributed by atoms with E-state index < -0.39 is 0 Å². The van der Waals surface area contributed by atoms with Crippen LogP contribution in [-0.4, -0.2) is 26.9 Å². The van der Waals surface area contributed by atoms with Crippen molar-refractivity contribution in [1.82, 2.24) is 0 Å². The summed E-state index contributed by atoms with van der Waals surface area (Å²) in [7, 11) is 1.67. The molecule has 0 radical (unpaired) electrons. The number of hydrogen-bond acceptors (Lipinski definition) is 3. The maximum absolute atomic E-state index is 5.47. The Morgan fingerprint density at radius 2 is 1.73 bits per heavy atom. The lowest BCUT2D eigenvalue weighted by Crippen LogP contribution is -2.03. The third-order valence-electron chi connectivity index (χ3n) is 2.16. The van der Waals surface area contributed by atoms with Crippen molar-refractivity contribution in [1.29, 1.82) is 0 Å². The van der Waals surface area contributed by atoms with Crippen LogP contribution in [0.1, 0.15) is 11.1 Å². The quantitative estimate of drug-likeness (QED) is 0.689. The van der Waals surface area contributed by atoms with Gasteiger partial charge in [0.2, 0.25) is 0 Å². The predicted molar refractivity (Wildman–Crippen MR) is 60.7 cm³/mol. The molecule has 84 valence electrons. The average molecular weight is 209 g/mol. The van der Waals surface area contributed by atoms with Crippen molar-refractivity contribution < 1.29 is 9.47 Å². The summed E-state index contributed by atoms with van der Waals surface area (Å²) in [4.78, 5) is 0. The fourth-order valence-electron chi connectivity index (χ4n) is 1.30. The van der Waals surface area contributed by atoms with Gasteiger partial charge in [0, 0.05) is 7.11 Å². The van der Waals surface area contributed by atoms with Crippen molar-refractivity contribution in [2.45, 2.75) is 13.0 Å². The predicted octanol–water partition coefficient (Wildman–Crippen LogP) is 1.35. The van der Waals surface area contributed by atoms with Gasteiger partial charge in [-0.25, -0.2) is 0 Å². The van der Waals surface area contributed by atoms with E-state index in [2.05, 4.69) is 24.3 Å². The highest BCUT2D eigenvalue weighted by Crippen LogP contribution is 2.05. The lowest BCUT2D eigenvalue weighted by molar-refractivity contribution is 0.0616. The SMILES string of the molecule is COCCOCc1ccc(CCN)cc1. The first kappa shape index (κ1) is 12.2. The van der Waals surface area contributed by atoms with Gasteiger partial charge in [-0.15, -0.1) is 0 Å². The lowest BCUT2D eigenvalue weighted by atomic mass is 10.1. The van der Waals surface area contributed by atoms with E-state index in [1.54, 1.807) is 7.11 Å². The molecule has 0 saturated heterocycles. The lowest BCUT2D eigenvalue weighted by Gasteiger charge is -2.04. The second-order valence-corrected chi connectivity index (χ2v) is 3.40. The second-order valence-electron chi connectivity index (χ2n) is 3.40. The first-order valence-electron chi connectivity index (χ1n) is 5.21. The summed E-state index contributed by atoms with van der Waals surface area (Å²) in [6.45, 7) is 2.63. The van der Waals surface area contributed by atoms with Gasteiger partial charge in [0.05, 0.1) is 19.8 Å². The molecule has 0 atom stereocenters. The highest BCUT2D eigenvalue weighted by Gasteiger charge is 1.94. The van der Waals surface area contributed by atoms with E-state index in [1.807, 2.05) is 0 Å². The minimum atomic E-state index is 0.640. The van der Waals surface area contributed by atoms with Gasteiger partial charge in [0.15, 0.2) is 0 Å². The van der Waals surface area contributed by atoms with E-state index in [1.165, 1.54) is 11.1 Å². The molecule has 1 aromatic carbocycles. The molecule has 0 aliphatic rings. The maximum Gasteiger partial charge on any atom is 0.0718 e. The zero-order chi connectivity index (χ0) is 10.9. The Morgan fingerprint density at radius 3 is 2.33 bits per heavy atom.